The number of carbonyl (C=O) groups is 1. The maximum atomic E-state index is 13.5. The van der Waals surface area contributed by atoms with E-state index in [2.05, 4.69) is 5.32 Å². The number of rotatable bonds is 8. The van der Waals surface area contributed by atoms with Crippen LogP contribution in [0.4, 0.5) is 5.69 Å². The summed E-state index contributed by atoms with van der Waals surface area (Å²) in [6, 6.07) is 22.5. The van der Waals surface area contributed by atoms with Crippen molar-refractivity contribution in [2.75, 3.05) is 18.0 Å². The molecular formula is C24H26N2O4S. The van der Waals surface area contributed by atoms with E-state index >= 15 is 0 Å². The van der Waals surface area contributed by atoms with Gasteiger partial charge in [0.25, 0.3) is 10.0 Å². The molecule has 3 rings (SSSR count). The van der Waals surface area contributed by atoms with Gasteiger partial charge in [-0.25, -0.2) is 8.42 Å². The number of methoxy groups -OCH3 is 1. The first-order valence-corrected chi connectivity index (χ1v) is 11.3. The van der Waals surface area contributed by atoms with E-state index in [1.54, 1.807) is 36.4 Å². The molecule has 0 aliphatic carbocycles. The van der Waals surface area contributed by atoms with Crippen LogP contribution in [0.2, 0.25) is 0 Å². The summed E-state index contributed by atoms with van der Waals surface area (Å²) in [6.07, 6.45) is 0. The first-order valence-electron chi connectivity index (χ1n) is 9.89. The molecule has 3 aromatic rings. The highest BCUT2D eigenvalue weighted by Crippen LogP contribution is 2.32. The van der Waals surface area contributed by atoms with Crippen LogP contribution in [0.5, 0.6) is 5.75 Å². The van der Waals surface area contributed by atoms with Crippen molar-refractivity contribution in [2.24, 2.45) is 0 Å². The van der Waals surface area contributed by atoms with Gasteiger partial charge in [0.05, 0.1) is 23.7 Å². The molecule has 162 valence electrons. The monoisotopic (exact) mass is 438 g/mol. The van der Waals surface area contributed by atoms with E-state index in [4.69, 9.17) is 4.74 Å². The maximum Gasteiger partial charge on any atom is 0.264 e. The van der Waals surface area contributed by atoms with Gasteiger partial charge in [0, 0.05) is 0 Å². The number of hydrogen-bond donors (Lipinski definition) is 1. The van der Waals surface area contributed by atoms with E-state index < -0.39 is 15.9 Å². The van der Waals surface area contributed by atoms with Crippen LogP contribution in [0.25, 0.3) is 0 Å². The standard InChI is InChI=1S/C24H26N2O4S/c1-18-13-15-21(16-14-18)31(28,29)26(22-11-7-8-12-23(22)30-3)17-24(27)25-19(2)20-9-5-4-6-10-20/h4-16,19H,17H2,1-3H3,(H,25,27). The van der Waals surface area contributed by atoms with Crippen LogP contribution >= 0.6 is 0 Å². The largest absolute Gasteiger partial charge is 0.495 e. The number of sulfonamides is 1. The molecule has 0 saturated carbocycles. The number of aryl methyl sites for hydroxylation is 1. The van der Waals surface area contributed by atoms with Crippen molar-refractivity contribution in [1.82, 2.24) is 5.32 Å². The quantitative estimate of drug-likeness (QED) is 0.575. The van der Waals surface area contributed by atoms with Crippen molar-refractivity contribution in [2.45, 2.75) is 24.8 Å². The van der Waals surface area contributed by atoms with Gasteiger partial charge in [-0.05, 0) is 43.7 Å². The van der Waals surface area contributed by atoms with Crippen molar-refractivity contribution < 1.29 is 17.9 Å². The molecule has 0 spiro atoms. The highest BCUT2D eigenvalue weighted by molar-refractivity contribution is 7.92. The Morgan fingerprint density at radius 1 is 0.968 bits per heavy atom. The normalized spacial score (nSPS) is 12.1. The minimum Gasteiger partial charge on any atom is -0.495 e. The van der Waals surface area contributed by atoms with Gasteiger partial charge in [-0.15, -0.1) is 0 Å². The Morgan fingerprint density at radius 3 is 2.23 bits per heavy atom. The number of nitrogens with zero attached hydrogens (tertiary/aromatic N) is 1. The lowest BCUT2D eigenvalue weighted by Crippen LogP contribution is -2.41. The molecule has 1 atom stereocenters. The van der Waals surface area contributed by atoms with E-state index in [0.29, 0.717) is 11.4 Å². The van der Waals surface area contributed by atoms with Gasteiger partial charge in [-0.3, -0.25) is 9.10 Å². The third-order valence-corrected chi connectivity index (χ3v) is 6.70. The summed E-state index contributed by atoms with van der Waals surface area (Å²) in [6.45, 7) is 3.36. The Kier molecular flexibility index (Phi) is 6.97. The molecule has 1 N–H and O–H groups in total. The number of nitrogens with one attached hydrogen (secondary N) is 1. The second kappa shape index (κ2) is 9.66. The summed E-state index contributed by atoms with van der Waals surface area (Å²) >= 11 is 0. The van der Waals surface area contributed by atoms with E-state index in [9.17, 15) is 13.2 Å². The highest BCUT2D eigenvalue weighted by Gasteiger charge is 2.29. The fraction of sp³-hybridized carbons (Fsp3) is 0.208. The summed E-state index contributed by atoms with van der Waals surface area (Å²) < 4.78 is 33.4. The molecular weight excluding hydrogens is 412 g/mol. The Bertz CT molecular complexity index is 1130. The van der Waals surface area contributed by atoms with Crippen LogP contribution in [0.1, 0.15) is 24.1 Å². The van der Waals surface area contributed by atoms with Crippen LogP contribution in [-0.4, -0.2) is 28.0 Å². The van der Waals surface area contributed by atoms with Crippen molar-refractivity contribution in [3.63, 3.8) is 0 Å². The number of anilines is 1. The lowest BCUT2D eigenvalue weighted by Gasteiger charge is -2.26. The number of para-hydroxylation sites is 2. The third-order valence-electron chi connectivity index (χ3n) is 4.93. The summed E-state index contributed by atoms with van der Waals surface area (Å²) in [5.41, 5.74) is 2.17. The lowest BCUT2D eigenvalue weighted by molar-refractivity contribution is -0.120. The fourth-order valence-electron chi connectivity index (χ4n) is 3.22. The number of hydrogen-bond acceptors (Lipinski definition) is 4. The molecule has 0 saturated heterocycles. The molecule has 0 aliphatic rings. The van der Waals surface area contributed by atoms with Crippen LogP contribution in [-0.2, 0) is 14.8 Å². The molecule has 7 heteroatoms. The second-order valence-corrected chi connectivity index (χ2v) is 9.06. The molecule has 0 aromatic heterocycles. The molecule has 0 heterocycles. The van der Waals surface area contributed by atoms with Gasteiger partial charge in [0.15, 0.2) is 0 Å². The topological polar surface area (TPSA) is 75.7 Å². The van der Waals surface area contributed by atoms with Crippen LogP contribution in [0, 0.1) is 6.92 Å². The predicted molar refractivity (Wildman–Crippen MR) is 122 cm³/mol. The first-order chi connectivity index (χ1) is 14.8. The minimum atomic E-state index is -4.01. The van der Waals surface area contributed by atoms with Gasteiger partial charge in [0.2, 0.25) is 5.91 Å². The summed E-state index contributed by atoms with van der Waals surface area (Å²) in [4.78, 5) is 13.0. The molecule has 0 bridgehead atoms. The summed E-state index contributed by atoms with van der Waals surface area (Å²) in [7, 11) is -2.54. The van der Waals surface area contributed by atoms with Crippen LogP contribution < -0.4 is 14.4 Å². The summed E-state index contributed by atoms with van der Waals surface area (Å²) in [5.74, 6) is -0.0555. The summed E-state index contributed by atoms with van der Waals surface area (Å²) in [5, 5.41) is 2.88. The Hall–Kier alpha value is -3.32. The number of carbonyl (C=O) groups excluding carboxylic acids is 1. The van der Waals surface area contributed by atoms with Crippen LogP contribution in [0.15, 0.2) is 83.8 Å². The van der Waals surface area contributed by atoms with Crippen molar-refractivity contribution in [3.8, 4) is 5.75 Å². The highest BCUT2D eigenvalue weighted by atomic mass is 32.2. The SMILES string of the molecule is COc1ccccc1N(CC(=O)NC(C)c1ccccc1)S(=O)(=O)c1ccc(C)cc1. The third kappa shape index (κ3) is 5.24. The first kappa shape index (κ1) is 22.4. The van der Waals surface area contributed by atoms with Gasteiger partial charge >= 0.3 is 0 Å². The zero-order valence-corrected chi connectivity index (χ0v) is 18.6. The molecule has 0 radical (unpaired) electrons. The average Bonchev–Trinajstić information content (AvgIpc) is 2.78. The Morgan fingerprint density at radius 2 is 1.58 bits per heavy atom. The number of benzene rings is 3. The van der Waals surface area contributed by atoms with Crippen molar-refractivity contribution >= 4 is 21.6 Å². The minimum absolute atomic E-state index is 0.105. The number of amides is 1. The Labute approximate surface area is 183 Å². The second-order valence-electron chi connectivity index (χ2n) is 7.20. The van der Waals surface area contributed by atoms with E-state index in [1.807, 2.05) is 44.2 Å². The molecule has 3 aromatic carbocycles. The van der Waals surface area contributed by atoms with Crippen molar-refractivity contribution in [3.05, 3.63) is 90.0 Å². The molecule has 0 fully saturated rings. The van der Waals surface area contributed by atoms with Gasteiger partial charge in [0.1, 0.15) is 12.3 Å². The van der Waals surface area contributed by atoms with Crippen LogP contribution in [0.3, 0.4) is 0 Å². The fourth-order valence-corrected chi connectivity index (χ4v) is 4.65. The van der Waals surface area contributed by atoms with E-state index in [-0.39, 0.29) is 17.5 Å². The van der Waals surface area contributed by atoms with Gasteiger partial charge in [-0.2, -0.15) is 0 Å². The average molecular weight is 439 g/mol. The van der Waals surface area contributed by atoms with E-state index in [0.717, 1.165) is 15.4 Å². The Balaban J connectivity index is 1.94. The molecule has 1 unspecified atom stereocenters. The zero-order chi connectivity index (χ0) is 22.4. The zero-order valence-electron chi connectivity index (χ0n) is 17.8. The predicted octanol–water partition coefficient (Wildman–Crippen LogP) is 4.08. The van der Waals surface area contributed by atoms with Crippen molar-refractivity contribution in [1.29, 1.82) is 0 Å². The molecule has 31 heavy (non-hydrogen) atoms. The number of ether oxygens (including phenoxy) is 1. The molecule has 0 aliphatic heterocycles. The lowest BCUT2D eigenvalue weighted by atomic mass is 10.1. The smallest absolute Gasteiger partial charge is 0.264 e. The maximum absolute atomic E-state index is 13.5. The van der Waals surface area contributed by atoms with E-state index in [1.165, 1.54) is 19.2 Å². The molecule has 1 amide bonds. The van der Waals surface area contributed by atoms with Gasteiger partial charge in [-0.1, -0.05) is 60.2 Å². The van der Waals surface area contributed by atoms with Gasteiger partial charge < -0.3 is 10.1 Å². The molecule has 6 nitrogen and oxygen atoms in total.